The number of benzene rings is 1. The van der Waals surface area contributed by atoms with Crippen LogP contribution in [0.4, 0.5) is 0 Å². The van der Waals surface area contributed by atoms with Crippen molar-refractivity contribution in [1.82, 2.24) is 15.5 Å². The molecule has 1 fully saturated rings. The van der Waals surface area contributed by atoms with Crippen molar-refractivity contribution >= 4 is 23.2 Å². The van der Waals surface area contributed by atoms with Crippen molar-refractivity contribution in [2.45, 2.75) is 38.8 Å². The first-order chi connectivity index (χ1) is 14.1. The first kappa shape index (κ1) is 21.3. The average molecular weight is 416 g/mol. The zero-order valence-corrected chi connectivity index (χ0v) is 17.9. The van der Waals surface area contributed by atoms with Crippen LogP contribution in [0.5, 0.6) is 5.75 Å². The Balaban J connectivity index is 1.69. The Labute approximate surface area is 176 Å². The third-order valence-electron chi connectivity index (χ3n) is 5.18. The fourth-order valence-corrected chi connectivity index (χ4v) is 4.55. The fourth-order valence-electron chi connectivity index (χ4n) is 3.69. The van der Waals surface area contributed by atoms with Gasteiger partial charge in [-0.15, -0.1) is 11.3 Å². The minimum absolute atomic E-state index is 0.0780. The lowest BCUT2D eigenvalue weighted by Crippen LogP contribution is -2.40. The predicted octanol–water partition coefficient (Wildman–Crippen LogP) is 3.35. The molecule has 2 amide bonds. The summed E-state index contributed by atoms with van der Waals surface area (Å²) in [6.45, 7) is 4.51. The minimum Gasteiger partial charge on any atom is -0.496 e. The molecule has 1 aromatic carbocycles. The Kier molecular flexibility index (Phi) is 7.66. The molecular formula is C22H29N3O3S. The van der Waals surface area contributed by atoms with Gasteiger partial charge in [-0.1, -0.05) is 24.6 Å². The van der Waals surface area contributed by atoms with Gasteiger partial charge >= 0.3 is 0 Å². The normalized spacial score (nSPS) is 15.5. The highest BCUT2D eigenvalue weighted by molar-refractivity contribution is 7.14. The second-order valence-electron chi connectivity index (χ2n) is 7.24. The summed E-state index contributed by atoms with van der Waals surface area (Å²) in [5.41, 5.74) is 1.11. The van der Waals surface area contributed by atoms with Gasteiger partial charge in [0.25, 0.3) is 5.91 Å². The van der Waals surface area contributed by atoms with E-state index in [1.54, 1.807) is 7.11 Å². The van der Waals surface area contributed by atoms with Crippen molar-refractivity contribution in [2.75, 3.05) is 26.7 Å². The van der Waals surface area contributed by atoms with E-state index < -0.39 is 0 Å². The number of amides is 2. The fraction of sp³-hybridized carbons (Fsp3) is 0.455. The van der Waals surface area contributed by atoms with Gasteiger partial charge in [0.05, 0.1) is 24.6 Å². The Bertz CT molecular complexity index is 830. The first-order valence-corrected chi connectivity index (χ1v) is 10.9. The topological polar surface area (TPSA) is 70.7 Å². The molecular weight excluding hydrogens is 386 g/mol. The molecule has 0 radical (unpaired) electrons. The van der Waals surface area contributed by atoms with E-state index in [2.05, 4.69) is 21.6 Å². The number of nitrogens with one attached hydrogen (secondary N) is 2. The molecule has 7 heteroatoms. The van der Waals surface area contributed by atoms with Crippen LogP contribution in [0, 0.1) is 0 Å². The molecule has 156 valence electrons. The molecule has 6 nitrogen and oxygen atoms in total. The maximum absolute atomic E-state index is 12.7. The zero-order chi connectivity index (χ0) is 20.6. The standard InChI is InChI=1S/C22H29N3O3S/c1-16(26)23-14-17-10-11-21(29-17)22(27)24-15-19(25-12-6-3-7-13-25)18-8-4-5-9-20(18)28-2/h4-5,8-11,19H,3,6-7,12-15H2,1-2H3,(H,23,26)(H,24,27). The van der Waals surface area contributed by atoms with Gasteiger partial charge in [0.1, 0.15) is 5.75 Å². The first-order valence-electron chi connectivity index (χ1n) is 10.1. The summed E-state index contributed by atoms with van der Waals surface area (Å²) in [5, 5.41) is 5.87. The number of hydrogen-bond acceptors (Lipinski definition) is 5. The molecule has 3 rings (SSSR count). The Hall–Kier alpha value is -2.38. The minimum atomic E-state index is -0.0824. The van der Waals surface area contributed by atoms with Gasteiger partial charge in [0, 0.05) is 23.9 Å². The van der Waals surface area contributed by atoms with Crippen molar-refractivity contribution in [1.29, 1.82) is 0 Å². The molecule has 1 atom stereocenters. The number of hydrogen-bond donors (Lipinski definition) is 2. The van der Waals surface area contributed by atoms with Crippen LogP contribution in [0.25, 0.3) is 0 Å². The maximum Gasteiger partial charge on any atom is 0.261 e. The van der Waals surface area contributed by atoms with Crippen LogP contribution in [0.3, 0.4) is 0 Å². The molecule has 2 heterocycles. The van der Waals surface area contributed by atoms with Crippen LogP contribution >= 0.6 is 11.3 Å². The van der Waals surface area contributed by atoms with E-state index >= 15 is 0 Å². The molecule has 1 aliphatic heterocycles. The number of likely N-dealkylation sites (tertiary alicyclic amines) is 1. The van der Waals surface area contributed by atoms with Gasteiger partial charge in [-0.05, 0) is 44.1 Å². The number of nitrogens with zero attached hydrogens (tertiary/aromatic N) is 1. The van der Waals surface area contributed by atoms with Crippen molar-refractivity contribution < 1.29 is 14.3 Å². The van der Waals surface area contributed by atoms with Gasteiger partial charge in [-0.25, -0.2) is 0 Å². The number of para-hydroxylation sites is 1. The molecule has 1 unspecified atom stereocenters. The van der Waals surface area contributed by atoms with Crippen molar-refractivity contribution in [3.63, 3.8) is 0 Å². The predicted molar refractivity (Wildman–Crippen MR) is 115 cm³/mol. The molecule has 2 N–H and O–H groups in total. The van der Waals surface area contributed by atoms with Gasteiger partial charge in [0.2, 0.25) is 5.91 Å². The lowest BCUT2D eigenvalue weighted by atomic mass is 10.0. The van der Waals surface area contributed by atoms with Crippen molar-refractivity contribution in [2.24, 2.45) is 0 Å². The second-order valence-corrected chi connectivity index (χ2v) is 8.41. The summed E-state index contributed by atoms with van der Waals surface area (Å²) >= 11 is 1.41. The molecule has 1 saturated heterocycles. The van der Waals surface area contributed by atoms with E-state index in [-0.39, 0.29) is 17.9 Å². The van der Waals surface area contributed by atoms with Crippen LogP contribution in [-0.4, -0.2) is 43.5 Å². The summed E-state index contributed by atoms with van der Waals surface area (Å²) < 4.78 is 5.59. The van der Waals surface area contributed by atoms with Crippen LogP contribution in [-0.2, 0) is 11.3 Å². The number of carbonyl (C=O) groups excluding carboxylic acids is 2. The Morgan fingerprint density at radius 2 is 1.86 bits per heavy atom. The Morgan fingerprint density at radius 1 is 1.10 bits per heavy atom. The lowest BCUT2D eigenvalue weighted by molar-refractivity contribution is -0.119. The number of carbonyl (C=O) groups is 2. The largest absolute Gasteiger partial charge is 0.496 e. The van der Waals surface area contributed by atoms with E-state index in [0.29, 0.717) is 18.0 Å². The van der Waals surface area contributed by atoms with Crippen molar-refractivity contribution in [3.8, 4) is 5.75 Å². The van der Waals surface area contributed by atoms with E-state index in [4.69, 9.17) is 4.74 Å². The summed E-state index contributed by atoms with van der Waals surface area (Å²) in [6, 6.07) is 11.8. The van der Waals surface area contributed by atoms with Crippen LogP contribution in [0.1, 0.15) is 52.3 Å². The summed E-state index contributed by atoms with van der Waals surface area (Å²) in [4.78, 5) is 27.9. The highest BCUT2D eigenvalue weighted by atomic mass is 32.1. The molecule has 0 bridgehead atoms. The molecule has 0 aliphatic carbocycles. The molecule has 1 aliphatic rings. The Morgan fingerprint density at radius 3 is 2.59 bits per heavy atom. The number of rotatable bonds is 8. The molecule has 1 aromatic heterocycles. The summed E-state index contributed by atoms with van der Waals surface area (Å²) in [7, 11) is 1.69. The number of ether oxygens (including phenoxy) is 1. The van der Waals surface area contributed by atoms with Gasteiger partial charge in [-0.2, -0.15) is 0 Å². The van der Waals surface area contributed by atoms with E-state index in [1.807, 2.05) is 30.3 Å². The monoisotopic (exact) mass is 415 g/mol. The summed E-state index contributed by atoms with van der Waals surface area (Å²) in [6.07, 6.45) is 3.61. The lowest BCUT2D eigenvalue weighted by Gasteiger charge is -2.35. The third-order valence-corrected chi connectivity index (χ3v) is 6.27. The molecule has 2 aromatic rings. The third kappa shape index (κ3) is 5.81. The van der Waals surface area contributed by atoms with E-state index in [9.17, 15) is 9.59 Å². The smallest absolute Gasteiger partial charge is 0.261 e. The number of thiophene rings is 1. The SMILES string of the molecule is COc1ccccc1C(CNC(=O)c1ccc(CNC(C)=O)s1)N1CCCCC1. The number of methoxy groups -OCH3 is 1. The highest BCUT2D eigenvalue weighted by Crippen LogP contribution is 2.31. The quantitative estimate of drug-likeness (QED) is 0.694. The van der Waals surface area contributed by atoms with Gasteiger partial charge < -0.3 is 15.4 Å². The van der Waals surface area contributed by atoms with Crippen LogP contribution in [0.15, 0.2) is 36.4 Å². The zero-order valence-electron chi connectivity index (χ0n) is 17.1. The van der Waals surface area contributed by atoms with Gasteiger partial charge in [-0.3, -0.25) is 14.5 Å². The second kappa shape index (κ2) is 10.4. The van der Waals surface area contributed by atoms with E-state index in [1.165, 1.54) is 37.5 Å². The molecule has 0 spiro atoms. The van der Waals surface area contributed by atoms with Crippen LogP contribution in [0.2, 0.25) is 0 Å². The highest BCUT2D eigenvalue weighted by Gasteiger charge is 2.25. The van der Waals surface area contributed by atoms with Crippen molar-refractivity contribution in [3.05, 3.63) is 51.7 Å². The molecule has 29 heavy (non-hydrogen) atoms. The number of piperidine rings is 1. The molecule has 0 saturated carbocycles. The maximum atomic E-state index is 12.7. The van der Waals surface area contributed by atoms with Crippen LogP contribution < -0.4 is 15.4 Å². The van der Waals surface area contributed by atoms with E-state index in [0.717, 1.165) is 29.3 Å². The summed E-state index contributed by atoms with van der Waals surface area (Å²) in [5.74, 6) is 0.692. The average Bonchev–Trinajstić information content (AvgIpc) is 3.22. The van der Waals surface area contributed by atoms with Gasteiger partial charge in [0.15, 0.2) is 0 Å².